The Hall–Kier alpha value is -2.11. The van der Waals surface area contributed by atoms with Gasteiger partial charge in [-0.25, -0.2) is 4.39 Å². The van der Waals surface area contributed by atoms with Crippen LogP contribution in [0.2, 0.25) is 5.02 Å². The summed E-state index contributed by atoms with van der Waals surface area (Å²) in [6.07, 6.45) is 0. The van der Waals surface area contributed by atoms with Crippen LogP contribution in [0.25, 0.3) is 0 Å². The van der Waals surface area contributed by atoms with Crippen LogP contribution < -0.4 is 4.90 Å². The molecule has 1 heterocycles. The standard InChI is InChI=1S/C20H23ClFN3O/c1-23(14-16-6-2-4-8-18(16)22)20(26)15-24-10-12-25(13-11-24)19-9-5-3-7-17(19)21/h2-9H,10-15H2,1H3. The van der Waals surface area contributed by atoms with Gasteiger partial charge in [-0.1, -0.05) is 41.9 Å². The molecule has 3 rings (SSSR count). The van der Waals surface area contributed by atoms with Gasteiger partial charge in [-0.05, 0) is 18.2 Å². The second-order valence-electron chi connectivity index (χ2n) is 6.56. The number of para-hydroxylation sites is 1. The summed E-state index contributed by atoms with van der Waals surface area (Å²) in [6.45, 7) is 3.88. The zero-order valence-corrected chi connectivity index (χ0v) is 15.6. The van der Waals surface area contributed by atoms with Gasteiger partial charge in [-0.15, -0.1) is 0 Å². The van der Waals surface area contributed by atoms with E-state index in [2.05, 4.69) is 9.80 Å². The second kappa shape index (κ2) is 8.52. The molecule has 1 fully saturated rings. The van der Waals surface area contributed by atoms with E-state index in [0.29, 0.717) is 12.1 Å². The third-order valence-corrected chi connectivity index (χ3v) is 5.04. The van der Waals surface area contributed by atoms with E-state index in [1.54, 1.807) is 30.1 Å². The van der Waals surface area contributed by atoms with Gasteiger partial charge in [-0.2, -0.15) is 0 Å². The molecule has 0 bridgehead atoms. The maximum Gasteiger partial charge on any atom is 0.236 e. The van der Waals surface area contributed by atoms with Crippen LogP contribution in [0.1, 0.15) is 5.56 Å². The SMILES string of the molecule is CN(Cc1ccccc1F)C(=O)CN1CCN(c2ccccc2Cl)CC1. The highest BCUT2D eigenvalue weighted by Crippen LogP contribution is 2.26. The van der Waals surface area contributed by atoms with E-state index >= 15 is 0 Å². The van der Waals surface area contributed by atoms with Crippen molar-refractivity contribution < 1.29 is 9.18 Å². The van der Waals surface area contributed by atoms with Gasteiger partial charge in [0.05, 0.1) is 17.3 Å². The Balaban J connectivity index is 1.50. The molecule has 0 atom stereocenters. The molecule has 0 radical (unpaired) electrons. The van der Waals surface area contributed by atoms with Gasteiger partial charge < -0.3 is 9.80 Å². The molecule has 2 aromatic rings. The zero-order valence-electron chi connectivity index (χ0n) is 14.9. The highest BCUT2D eigenvalue weighted by atomic mass is 35.5. The third-order valence-electron chi connectivity index (χ3n) is 4.72. The van der Waals surface area contributed by atoms with Crippen LogP contribution in [0, 0.1) is 5.82 Å². The van der Waals surface area contributed by atoms with Gasteiger partial charge in [0, 0.05) is 45.3 Å². The monoisotopic (exact) mass is 375 g/mol. The molecule has 1 saturated heterocycles. The molecule has 1 aliphatic rings. The Morgan fingerprint density at radius 3 is 2.42 bits per heavy atom. The maximum atomic E-state index is 13.7. The van der Waals surface area contributed by atoms with Gasteiger partial charge in [0.1, 0.15) is 5.82 Å². The van der Waals surface area contributed by atoms with Crippen LogP contribution in [-0.4, -0.2) is 55.5 Å². The second-order valence-corrected chi connectivity index (χ2v) is 6.96. The number of halogens is 2. The number of likely N-dealkylation sites (N-methyl/N-ethyl adjacent to an activating group) is 1. The normalized spacial score (nSPS) is 15.1. The van der Waals surface area contributed by atoms with Crippen molar-refractivity contribution >= 4 is 23.2 Å². The number of carbonyl (C=O) groups excluding carboxylic acids is 1. The van der Waals surface area contributed by atoms with Crippen molar-refractivity contribution in [1.29, 1.82) is 0 Å². The average Bonchev–Trinajstić information content (AvgIpc) is 2.65. The number of hydrogen-bond donors (Lipinski definition) is 0. The predicted molar refractivity (Wildman–Crippen MR) is 103 cm³/mol. The highest BCUT2D eigenvalue weighted by Gasteiger charge is 2.22. The highest BCUT2D eigenvalue weighted by molar-refractivity contribution is 6.33. The predicted octanol–water partition coefficient (Wildman–Crippen LogP) is 3.26. The Kier molecular flexibility index (Phi) is 6.12. The van der Waals surface area contributed by atoms with Crippen LogP contribution in [-0.2, 0) is 11.3 Å². The smallest absolute Gasteiger partial charge is 0.236 e. The number of benzene rings is 2. The third kappa shape index (κ3) is 4.54. The number of hydrogen-bond acceptors (Lipinski definition) is 3. The van der Waals surface area contributed by atoms with Crippen molar-refractivity contribution in [3.63, 3.8) is 0 Å². The molecule has 0 spiro atoms. The van der Waals surface area contributed by atoms with Crippen molar-refractivity contribution in [2.75, 3.05) is 44.7 Å². The minimum absolute atomic E-state index is 0.000512. The Bertz CT molecular complexity index is 762. The minimum Gasteiger partial charge on any atom is -0.368 e. The van der Waals surface area contributed by atoms with Crippen molar-refractivity contribution in [2.24, 2.45) is 0 Å². The largest absolute Gasteiger partial charge is 0.368 e. The summed E-state index contributed by atoms with van der Waals surface area (Å²) in [7, 11) is 1.72. The summed E-state index contributed by atoms with van der Waals surface area (Å²) in [5.74, 6) is -0.278. The summed E-state index contributed by atoms with van der Waals surface area (Å²) in [6, 6.07) is 14.4. The molecular weight excluding hydrogens is 353 g/mol. The fourth-order valence-electron chi connectivity index (χ4n) is 3.14. The molecule has 26 heavy (non-hydrogen) atoms. The van der Waals surface area contributed by atoms with Crippen LogP contribution in [0.15, 0.2) is 48.5 Å². The lowest BCUT2D eigenvalue weighted by atomic mass is 10.2. The molecule has 0 aliphatic carbocycles. The number of piperazine rings is 1. The maximum absolute atomic E-state index is 13.7. The summed E-state index contributed by atoms with van der Waals surface area (Å²) >= 11 is 6.26. The van der Waals surface area contributed by atoms with Crippen molar-refractivity contribution in [3.05, 3.63) is 64.9 Å². The first-order chi connectivity index (χ1) is 12.5. The Labute approximate surface area is 158 Å². The van der Waals surface area contributed by atoms with Crippen molar-refractivity contribution in [3.8, 4) is 0 Å². The average molecular weight is 376 g/mol. The topological polar surface area (TPSA) is 26.8 Å². The summed E-state index contributed by atoms with van der Waals surface area (Å²) in [5.41, 5.74) is 1.57. The van der Waals surface area contributed by atoms with Crippen LogP contribution in [0.4, 0.5) is 10.1 Å². The lowest BCUT2D eigenvalue weighted by molar-refractivity contribution is -0.131. The van der Waals surface area contributed by atoms with Crippen LogP contribution in [0.3, 0.4) is 0 Å². The lowest BCUT2D eigenvalue weighted by Gasteiger charge is -2.36. The Morgan fingerprint density at radius 2 is 1.73 bits per heavy atom. The molecule has 0 aromatic heterocycles. The number of amides is 1. The first-order valence-electron chi connectivity index (χ1n) is 8.74. The van der Waals surface area contributed by atoms with Gasteiger partial charge in [0.15, 0.2) is 0 Å². The Morgan fingerprint density at radius 1 is 1.08 bits per heavy atom. The van der Waals surface area contributed by atoms with E-state index in [-0.39, 0.29) is 18.3 Å². The van der Waals surface area contributed by atoms with E-state index in [4.69, 9.17) is 11.6 Å². The van der Waals surface area contributed by atoms with E-state index < -0.39 is 0 Å². The van der Waals surface area contributed by atoms with Gasteiger partial charge in [-0.3, -0.25) is 9.69 Å². The van der Waals surface area contributed by atoms with E-state index in [9.17, 15) is 9.18 Å². The first kappa shape index (κ1) is 18.7. The molecular formula is C20H23ClFN3O. The van der Waals surface area contributed by atoms with E-state index in [0.717, 1.165) is 36.9 Å². The zero-order chi connectivity index (χ0) is 18.5. The van der Waals surface area contributed by atoms with Crippen LogP contribution >= 0.6 is 11.6 Å². The van der Waals surface area contributed by atoms with E-state index in [1.807, 2.05) is 24.3 Å². The van der Waals surface area contributed by atoms with Crippen LogP contribution in [0.5, 0.6) is 0 Å². The first-order valence-corrected chi connectivity index (χ1v) is 9.11. The van der Waals surface area contributed by atoms with Gasteiger partial charge >= 0.3 is 0 Å². The summed E-state index contributed by atoms with van der Waals surface area (Å²) in [5, 5.41) is 0.752. The number of nitrogens with zero attached hydrogens (tertiary/aromatic N) is 3. The fourth-order valence-corrected chi connectivity index (χ4v) is 3.39. The van der Waals surface area contributed by atoms with Crippen molar-refractivity contribution in [2.45, 2.75) is 6.54 Å². The summed E-state index contributed by atoms with van der Waals surface area (Å²) < 4.78 is 13.7. The quantitative estimate of drug-likeness (QED) is 0.802. The molecule has 1 aliphatic heterocycles. The van der Waals surface area contributed by atoms with Gasteiger partial charge in [0.25, 0.3) is 0 Å². The molecule has 4 nitrogen and oxygen atoms in total. The molecule has 0 unspecified atom stereocenters. The molecule has 2 aromatic carbocycles. The number of carbonyl (C=O) groups is 1. The number of rotatable bonds is 5. The molecule has 138 valence electrons. The summed E-state index contributed by atoms with van der Waals surface area (Å²) in [4.78, 5) is 18.4. The molecule has 0 N–H and O–H groups in total. The lowest BCUT2D eigenvalue weighted by Crippen LogP contribution is -2.49. The number of anilines is 1. The molecule has 1 amide bonds. The fraction of sp³-hybridized carbons (Fsp3) is 0.350. The van der Waals surface area contributed by atoms with Gasteiger partial charge in [0.2, 0.25) is 5.91 Å². The molecule has 0 saturated carbocycles. The molecule has 6 heteroatoms. The van der Waals surface area contributed by atoms with Crippen molar-refractivity contribution in [1.82, 2.24) is 9.80 Å². The minimum atomic E-state index is -0.277. The van der Waals surface area contributed by atoms with E-state index in [1.165, 1.54) is 6.07 Å².